The van der Waals surface area contributed by atoms with E-state index in [2.05, 4.69) is 10.2 Å². The molecule has 0 saturated carbocycles. The summed E-state index contributed by atoms with van der Waals surface area (Å²) < 4.78 is 12.8. The van der Waals surface area contributed by atoms with E-state index in [0.717, 1.165) is 11.3 Å². The molecule has 0 fully saturated rings. The van der Waals surface area contributed by atoms with Crippen molar-refractivity contribution >= 4 is 11.6 Å². The second-order valence-corrected chi connectivity index (χ2v) is 5.23. The molecule has 116 valence electrons. The first kappa shape index (κ1) is 16.0. The van der Waals surface area contributed by atoms with Crippen LogP contribution in [0.1, 0.15) is 12.0 Å². The van der Waals surface area contributed by atoms with Crippen LogP contribution in [0.15, 0.2) is 54.6 Å². The number of hydrogen-bond donors (Lipinski definition) is 1. The molecule has 0 spiro atoms. The van der Waals surface area contributed by atoms with Crippen molar-refractivity contribution in [3.63, 3.8) is 0 Å². The average Bonchev–Trinajstić information content (AvgIpc) is 2.55. The summed E-state index contributed by atoms with van der Waals surface area (Å²) in [5, 5.41) is 2.89. The molecular weight excluding hydrogens is 279 g/mol. The molecule has 2 rings (SSSR count). The first-order chi connectivity index (χ1) is 10.6. The van der Waals surface area contributed by atoms with Crippen LogP contribution < -0.4 is 10.2 Å². The van der Waals surface area contributed by atoms with Gasteiger partial charge in [-0.25, -0.2) is 4.39 Å². The van der Waals surface area contributed by atoms with Gasteiger partial charge in [-0.2, -0.15) is 0 Å². The highest BCUT2D eigenvalue weighted by atomic mass is 19.1. The highest BCUT2D eigenvalue weighted by molar-refractivity contribution is 5.76. The molecule has 0 heterocycles. The number of halogens is 1. The number of benzene rings is 2. The highest BCUT2D eigenvalue weighted by Crippen LogP contribution is 2.10. The average molecular weight is 300 g/mol. The summed E-state index contributed by atoms with van der Waals surface area (Å²) in [6.07, 6.45) is 1.16. The van der Waals surface area contributed by atoms with E-state index in [4.69, 9.17) is 0 Å². The van der Waals surface area contributed by atoms with Crippen molar-refractivity contribution in [1.29, 1.82) is 0 Å². The van der Waals surface area contributed by atoms with Gasteiger partial charge in [0.25, 0.3) is 0 Å². The van der Waals surface area contributed by atoms with Crippen LogP contribution in [0.4, 0.5) is 10.1 Å². The van der Waals surface area contributed by atoms with Gasteiger partial charge in [-0.15, -0.1) is 0 Å². The summed E-state index contributed by atoms with van der Waals surface area (Å²) in [6, 6.07) is 16.3. The lowest BCUT2D eigenvalue weighted by Gasteiger charge is -2.18. The number of amides is 1. The second kappa shape index (κ2) is 8.17. The molecule has 0 atom stereocenters. The molecule has 0 bridgehead atoms. The van der Waals surface area contributed by atoms with Crippen molar-refractivity contribution in [2.45, 2.75) is 12.8 Å². The zero-order valence-electron chi connectivity index (χ0n) is 12.8. The van der Waals surface area contributed by atoms with Crippen molar-refractivity contribution in [1.82, 2.24) is 5.32 Å². The molecule has 2 aromatic carbocycles. The standard InChI is InChI=1S/C18H21FN2O/c1-21(17-5-3-2-4-6-17)14-12-18(22)20-13-11-15-7-9-16(19)10-8-15/h2-10H,11-14H2,1H3,(H,20,22). The molecule has 0 aliphatic rings. The minimum atomic E-state index is -0.239. The Morgan fingerprint density at radius 3 is 2.45 bits per heavy atom. The van der Waals surface area contributed by atoms with Gasteiger partial charge in [0.05, 0.1) is 0 Å². The number of nitrogens with zero attached hydrogens (tertiary/aromatic N) is 1. The molecule has 2 aromatic rings. The van der Waals surface area contributed by atoms with Gasteiger partial charge in [0.2, 0.25) is 5.91 Å². The van der Waals surface area contributed by atoms with Crippen LogP contribution in [-0.4, -0.2) is 26.0 Å². The lowest BCUT2D eigenvalue weighted by molar-refractivity contribution is -0.120. The van der Waals surface area contributed by atoms with Crippen LogP contribution in [0, 0.1) is 5.82 Å². The van der Waals surface area contributed by atoms with Crippen molar-refractivity contribution < 1.29 is 9.18 Å². The molecule has 0 saturated heterocycles. The fourth-order valence-electron chi connectivity index (χ4n) is 2.17. The van der Waals surface area contributed by atoms with Crippen molar-refractivity contribution in [2.24, 2.45) is 0 Å². The van der Waals surface area contributed by atoms with E-state index in [-0.39, 0.29) is 11.7 Å². The second-order valence-electron chi connectivity index (χ2n) is 5.23. The summed E-state index contributed by atoms with van der Waals surface area (Å²) in [5.74, 6) is -0.207. The Labute approximate surface area is 130 Å². The number of para-hydroxylation sites is 1. The topological polar surface area (TPSA) is 32.3 Å². The molecular formula is C18H21FN2O. The Bertz CT molecular complexity index is 584. The molecule has 0 unspecified atom stereocenters. The Hall–Kier alpha value is -2.36. The van der Waals surface area contributed by atoms with Gasteiger partial charge >= 0.3 is 0 Å². The Morgan fingerprint density at radius 2 is 1.77 bits per heavy atom. The number of nitrogens with one attached hydrogen (secondary N) is 1. The Balaban J connectivity index is 1.66. The number of hydrogen-bond acceptors (Lipinski definition) is 2. The maximum Gasteiger partial charge on any atom is 0.221 e. The van der Waals surface area contributed by atoms with Crippen LogP contribution in [0.5, 0.6) is 0 Å². The lowest BCUT2D eigenvalue weighted by atomic mass is 10.1. The van der Waals surface area contributed by atoms with Gasteiger partial charge in [-0.1, -0.05) is 30.3 Å². The fourth-order valence-corrected chi connectivity index (χ4v) is 2.17. The molecule has 1 N–H and O–H groups in total. The third kappa shape index (κ3) is 5.20. The van der Waals surface area contributed by atoms with Crippen molar-refractivity contribution in [3.05, 3.63) is 66.0 Å². The van der Waals surface area contributed by atoms with E-state index >= 15 is 0 Å². The van der Waals surface area contributed by atoms with E-state index in [1.54, 1.807) is 12.1 Å². The predicted octanol–water partition coefficient (Wildman–Crippen LogP) is 3.01. The maximum atomic E-state index is 12.8. The summed E-state index contributed by atoms with van der Waals surface area (Å²) in [4.78, 5) is 13.9. The van der Waals surface area contributed by atoms with Crippen molar-refractivity contribution in [2.75, 3.05) is 25.0 Å². The van der Waals surface area contributed by atoms with Gasteiger partial charge in [-0.3, -0.25) is 4.79 Å². The number of rotatable bonds is 7. The number of carbonyl (C=O) groups excluding carboxylic acids is 1. The fraction of sp³-hybridized carbons (Fsp3) is 0.278. The zero-order chi connectivity index (χ0) is 15.8. The van der Waals surface area contributed by atoms with Gasteiger partial charge in [0.1, 0.15) is 5.82 Å². The van der Waals surface area contributed by atoms with Crippen LogP contribution >= 0.6 is 0 Å². The van der Waals surface area contributed by atoms with Crippen molar-refractivity contribution in [3.8, 4) is 0 Å². The molecule has 4 heteroatoms. The molecule has 0 aliphatic heterocycles. The third-order valence-corrected chi connectivity index (χ3v) is 3.52. The van der Waals surface area contributed by atoms with Gasteiger partial charge in [-0.05, 0) is 36.2 Å². The summed E-state index contributed by atoms with van der Waals surface area (Å²) >= 11 is 0. The van der Waals surface area contributed by atoms with Crippen LogP contribution in [0.2, 0.25) is 0 Å². The monoisotopic (exact) mass is 300 g/mol. The Kier molecular flexibility index (Phi) is 5.95. The molecule has 0 aromatic heterocycles. The maximum absolute atomic E-state index is 12.8. The van der Waals surface area contributed by atoms with Crippen LogP contribution in [0.3, 0.4) is 0 Å². The minimum absolute atomic E-state index is 0.0323. The zero-order valence-corrected chi connectivity index (χ0v) is 12.8. The number of carbonyl (C=O) groups is 1. The molecule has 0 aliphatic carbocycles. The van der Waals surface area contributed by atoms with E-state index < -0.39 is 0 Å². The smallest absolute Gasteiger partial charge is 0.221 e. The van der Waals surface area contributed by atoms with Crippen LogP contribution in [0.25, 0.3) is 0 Å². The van der Waals surface area contributed by atoms with Gasteiger partial charge in [0.15, 0.2) is 0 Å². The molecule has 22 heavy (non-hydrogen) atoms. The van der Waals surface area contributed by atoms with E-state index in [1.807, 2.05) is 37.4 Å². The summed E-state index contributed by atoms with van der Waals surface area (Å²) in [5.41, 5.74) is 2.12. The minimum Gasteiger partial charge on any atom is -0.374 e. The molecule has 0 radical (unpaired) electrons. The SMILES string of the molecule is CN(CCC(=O)NCCc1ccc(F)cc1)c1ccccc1. The number of anilines is 1. The van der Waals surface area contributed by atoms with E-state index in [9.17, 15) is 9.18 Å². The Morgan fingerprint density at radius 1 is 1.09 bits per heavy atom. The summed E-state index contributed by atoms with van der Waals surface area (Å²) in [6.45, 7) is 1.24. The van der Waals surface area contributed by atoms with Gasteiger partial charge < -0.3 is 10.2 Å². The van der Waals surface area contributed by atoms with E-state index in [1.165, 1.54) is 12.1 Å². The van der Waals surface area contributed by atoms with E-state index in [0.29, 0.717) is 25.9 Å². The highest BCUT2D eigenvalue weighted by Gasteiger charge is 2.05. The lowest BCUT2D eigenvalue weighted by Crippen LogP contribution is -2.30. The normalized spacial score (nSPS) is 10.3. The largest absolute Gasteiger partial charge is 0.374 e. The van der Waals surface area contributed by atoms with Gasteiger partial charge in [0, 0.05) is 32.2 Å². The predicted molar refractivity (Wildman–Crippen MR) is 87.4 cm³/mol. The third-order valence-electron chi connectivity index (χ3n) is 3.52. The molecule has 3 nitrogen and oxygen atoms in total. The first-order valence-corrected chi connectivity index (χ1v) is 7.42. The first-order valence-electron chi connectivity index (χ1n) is 7.42. The van der Waals surface area contributed by atoms with Crippen LogP contribution in [-0.2, 0) is 11.2 Å². The summed E-state index contributed by atoms with van der Waals surface area (Å²) in [7, 11) is 1.97. The molecule has 1 amide bonds. The quantitative estimate of drug-likeness (QED) is 0.852.